The summed E-state index contributed by atoms with van der Waals surface area (Å²) < 4.78 is 21.5. The van der Waals surface area contributed by atoms with Gasteiger partial charge in [0.2, 0.25) is 0 Å². The lowest BCUT2D eigenvalue weighted by molar-refractivity contribution is -0.151. The van der Waals surface area contributed by atoms with Crippen LogP contribution < -0.4 is 10.1 Å². The lowest BCUT2D eigenvalue weighted by atomic mass is 9.69. The number of para-hydroxylation sites is 1. The number of rotatable bonds is 10. The summed E-state index contributed by atoms with van der Waals surface area (Å²) in [6.45, 7) is 6.57. The van der Waals surface area contributed by atoms with Crippen molar-refractivity contribution in [3.63, 3.8) is 0 Å². The van der Waals surface area contributed by atoms with E-state index in [0.29, 0.717) is 46.9 Å². The number of ether oxygens (including phenoxy) is 4. The summed E-state index contributed by atoms with van der Waals surface area (Å²) in [6.07, 6.45) is 2.31. The number of nitrogens with one attached hydrogen (secondary N) is 1. The van der Waals surface area contributed by atoms with Gasteiger partial charge in [-0.15, -0.1) is 0 Å². The first-order chi connectivity index (χ1) is 16.8. The van der Waals surface area contributed by atoms with Crippen molar-refractivity contribution >= 4 is 17.7 Å². The maximum Gasteiger partial charge on any atom is 0.336 e. The first kappa shape index (κ1) is 26.5. The van der Waals surface area contributed by atoms with Crippen molar-refractivity contribution in [3.05, 3.63) is 52.4 Å². The molecule has 35 heavy (non-hydrogen) atoms. The van der Waals surface area contributed by atoms with Gasteiger partial charge in [0, 0.05) is 29.6 Å². The lowest BCUT2D eigenvalue weighted by Crippen LogP contribution is -2.43. The van der Waals surface area contributed by atoms with Crippen molar-refractivity contribution in [2.75, 3.05) is 34.0 Å². The van der Waals surface area contributed by atoms with Gasteiger partial charge in [-0.2, -0.15) is 0 Å². The molecule has 8 nitrogen and oxygen atoms in total. The van der Waals surface area contributed by atoms with Crippen LogP contribution in [0.2, 0.25) is 0 Å². The molecule has 0 spiro atoms. The molecule has 1 aromatic rings. The fourth-order valence-corrected chi connectivity index (χ4v) is 4.73. The Morgan fingerprint density at radius 1 is 1.11 bits per heavy atom. The van der Waals surface area contributed by atoms with Crippen molar-refractivity contribution in [1.29, 1.82) is 0 Å². The van der Waals surface area contributed by atoms with E-state index in [-0.39, 0.29) is 24.9 Å². The van der Waals surface area contributed by atoms with Crippen molar-refractivity contribution in [2.24, 2.45) is 11.8 Å². The van der Waals surface area contributed by atoms with Crippen molar-refractivity contribution in [3.8, 4) is 5.75 Å². The van der Waals surface area contributed by atoms with Crippen LogP contribution in [0, 0.1) is 11.8 Å². The van der Waals surface area contributed by atoms with E-state index in [1.807, 2.05) is 31.2 Å². The van der Waals surface area contributed by atoms with Crippen LogP contribution >= 0.6 is 0 Å². The molecule has 190 valence electrons. The minimum atomic E-state index is -0.944. The highest BCUT2D eigenvalue weighted by Gasteiger charge is 2.47. The highest BCUT2D eigenvalue weighted by Crippen LogP contribution is 2.47. The summed E-state index contributed by atoms with van der Waals surface area (Å²) in [6, 6.07) is 7.40. The van der Waals surface area contributed by atoms with Gasteiger partial charge >= 0.3 is 11.9 Å². The summed E-state index contributed by atoms with van der Waals surface area (Å²) in [5.74, 6) is -2.81. The summed E-state index contributed by atoms with van der Waals surface area (Å²) in [5, 5.41) is 3.26. The third-order valence-electron chi connectivity index (χ3n) is 6.47. The van der Waals surface area contributed by atoms with Gasteiger partial charge in [-0.1, -0.05) is 38.5 Å². The van der Waals surface area contributed by atoms with Crippen molar-refractivity contribution in [2.45, 2.75) is 46.0 Å². The van der Waals surface area contributed by atoms with Gasteiger partial charge < -0.3 is 24.3 Å². The fraction of sp³-hybridized carbons (Fsp3) is 0.519. The van der Waals surface area contributed by atoms with E-state index in [2.05, 4.69) is 12.2 Å². The van der Waals surface area contributed by atoms with Gasteiger partial charge in [0.25, 0.3) is 0 Å². The molecule has 0 aromatic heterocycles. The SMILES string of the molecule is CCCCOc1ccccc1[C@H]1C(C(=O)OCCOC)=C(C)NC2=C1C(=O)[C@H](C(=O)OC)[C@@H](C)C2. The van der Waals surface area contributed by atoms with Gasteiger partial charge in [-0.3, -0.25) is 9.59 Å². The number of hydrogen-bond donors (Lipinski definition) is 1. The van der Waals surface area contributed by atoms with Crippen LogP contribution in [0.3, 0.4) is 0 Å². The predicted octanol–water partition coefficient (Wildman–Crippen LogP) is 3.67. The Hall–Kier alpha value is -3.13. The predicted molar refractivity (Wildman–Crippen MR) is 130 cm³/mol. The number of esters is 2. The van der Waals surface area contributed by atoms with E-state index in [1.165, 1.54) is 14.2 Å². The molecule has 1 N–H and O–H groups in total. The molecular weight excluding hydrogens is 450 g/mol. The second-order valence-electron chi connectivity index (χ2n) is 8.90. The number of hydrogen-bond acceptors (Lipinski definition) is 8. The molecule has 0 radical (unpaired) electrons. The molecule has 0 unspecified atom stereocenters. The molecular formula is C27H35NO7. The molecule has 1 aliphatic heterocycles. The van der Waals surface area contributed by atoms with Crippen molar-refractivity contribution < 1.29 is 33.3 Å². The zero-order valence-corrected chi connectivity index (χ0v) is 21.1. The molecule has 1 aromatic carbocycles. The van der Waals surface area contributed by atoms with Crippen molar-refractivity contribution in [1.82, 2.24) is 5.32 Å². The highest BCUT2D eigenvalue weighted by molar-refractivity contribution is 6.12. The Morgan fingerprint density at radius 3 is 2.54 bits per heavy atom. The topological polar surface area (TPSA) is 100 Å². The summed E-state index contributed by atoms with van der Waals surface area (Å²) in [7, 11) is 2.81. The van der Waals surface area contributed by atoms with Crippen LogP contribution in [0.1, 0.15) is 51.5 Å². The summed E-state index contributed by atoms with van der Waals surface area (Å²) in [4.78, 5) is 39.7. The van der Waals surface area contributed by atoms with Crippen LogP contribution in [0.5, 0.6) is 5.75 Å². The first-order valence-corrected chi connectivity index (χ1v) is 12.1. The molecule has 8 heteroatoms. The Bertz CT molecular complexity index is 1030. The Kier molecular flexibility index (Phi) is 9.09. The standard InChI is InChI=1S/C27H35NO7/c1-6-7-12-34-20-11-9-8-10-18(20)23-22(27(31)35-14-13-32-4)17(3)28-19-15-16(2)21(26(30)33-5)25(29)24(19)23/h8-11,16,21,23,28H,6-7,12-15H2,1-5H3/t16-,21+,23-/m0/s1. The average Bonchev–Trinajstić information content (AvgIpc) is 2.83. The number of allylic oxidation sites excluding steroid dienone is 3. The molecule has 0 bridgehead atoms. The lowest BCUT2D eigenvalue weighted by Gasteiger charge is -2.38. The third kappa shape index (κ3) is 5.59. The third-order valence-corrected chi connectivity index (χ3v) is 6.47. The minimum absolute atomic E-state index is 0.0785. The average molecular weight is 486 g/mol. The van der Waals surface area contributed by atoms with E-state index in [0.717, 1.165) is 12.8 Å². The van der Waals surface area contributed by atoms with Gasteiger partial charge in [-0.25, -0.2) is 4.79 Å². The van der Waals surface area contributed by atoms with Crippen LogP contribution in [0.25, 0.3) is 0 Å². The summed E-state index contributed by atoms with van der Waals surface area (Å²) in [5.41, 5.74) is 2.70. The number of methoxy groups -OCH3 is 2. The van der Waals surface area contributed by atoms with Crippen LogP contribution in [0.15, 0.2) is 46.8 Å². The molecule has 1 aliphatic carbocycles. The van der Waals surface area contributed by atoms with Gasteiger partial charge in [-0.05, 0) is 31.7 Å². The maximum atomic E-state index is 13.8. The zero-order chi connectivity index (χ0) is 25.5. The van der Waals surface area contributed by atoms with E-state index in [9.17, 15) is 14.4 Å². The Balaban J connectivity index is 2.14. The molecule has 3 atom stereocenters. The number of benzene rings is 1. The molecule has 1 heterocycles. The molecule has 3 rings (SSSR count). The number of carbonyl (C=O) groups is 3. The Morgan fingerprint density at radius 2 is 1.86 bits per heavy atom. The fourth-order valence-electron chi connectivity index (χ4n) is 4.73. The number of unbranched alkanes of at least 4 members (excludes halogenated alkanes) is 1. The number of carbonyl (C=O) groups excluding carboxylic acids is 3. The van der Waals surface area contributed by atoms with E-state index >= 15 is 0 Å². The highest BCUT2D eigenvalue weighted by atomic mass is 16.6. The Labute approximate surface area is 206 Å². The van der Waals surface area contributed by atoms with Crippen LogP contribution in [-0.2, 0) is 28.6 Å². The zero-order valence-electron chi connectivity index (χ0n) is 21.1. The minimum Gasteiger partial charge on any atom is -0.493 e. The monoisotopic (exact) mass is 485 g/mol. The molecule has 0 amide bonds. The van der Waals surface area contributed by atoms with Crippen LogP contribution in [0.4, 0.5) is 0 Å². The van der Waals surface area contributed by atoms with E-state index < -0.39 is 23.8 Å². The molecule has 0 saturated heterocycles. The normalized spacial score (nSPS) is 21.9. The second kappa shape index (κ2) is 12.0. The molecule has 0 saturated carbocycles. The smallest absolute Gasteiger partial charge is 0.336 e. The van der Waals surface area contributed by atoms with Gasteiger partial charge in [0.05, 0.1) is 31.8 Å². The largest absolute Gasteiger partial charge is 0.493 e. The first-order valence-electron chi connectivity index (χ1n) is 12.1. The number of Topliss-reactive ketones (excluding diaryl/α,β-unsaturated/α-hetero) is 1. The van der Waals surface area contributed by atoms with Crippen LogP contribution in [-0.4, -0.2) is 51.8 Å². The van der Waals surface area contributed by atoms with Gasteiger partial charge in [0.15, 0.2) is 5.78 Å². The second-order valence-corrected chi connectivity index (χ2v) is 8.90. The van der Waals surface area contributed by atoms with E-state index in [4.69, 9.17) is 18.9 Å². The molecule has 2 aliphatic rings. The summed E-state index contributed by atoms with van der Waals surface area (Å²) >= 11 is 0. The quantitative estimate of drug-likeness (QED) is 0.304. The number of dihydropyridines is 1. The number of ketones is 1. The maximum absolute atomic E-state index is 13.8. The van der Waals surface area contributed by atoms with E-state index in [1.54, 1.807) is 6.92 Å². The molecule has 0 fully saturated rings. The van der Waals surface area contributed by atoms with Gasteiger partial charge in [0.1, 0.15) is 18.3 Å².